The van der Waals surface area contributed by atoms with Gasteiger partial charge >= 0.3 is 5.97 Å². The van der Waals surface area contributed by atoms with Crippen LogP contribution in [0.15, 0.2) is 60.7 Å². The van der Waals surface area contributed by atoms with E-state index in [0.717, 1.165) is 22.9 Å². The third kappa shape index (κ3) is 4.20. The van der Waals surface area contributed by atoms with Gasteiger partial charge in [-0.3, -0.25) is 4.79 Å². The van der Waals surface area contributed by atoms with E-state index < -0.39 is 0 Å². The van der Waals surface area contributed by atoms with Crippen molar-refractivity contribution >= 4 is 21.9 Å². The van der Waals surface area contributed by atoms with Crippen molar-refractivity contribution in [2.24, 2.45) is 0 Å². The molecule has 0 aliphatic heterocycles. The molecule has 0 amide bonds. The molecular formula is C17H17BrO2. The summed E-state index contributed by atoms with van der Waals surface area (Å²) in [6, 6.07) is 19.7. The van der Waals surface area contributed by atoms with Crippen molar-refractivity contribution in [2.75, 3.05) is 5.33 Å². The molecule has 3 heteroatoms. The highest BCUT2D eigenvalue weighted by molar-refractivity contribution is 9.09. The molecule has 2 aromatic rings. The van der Waals surface area contributed by atoms with E-state index in [1.165, 1.54) is 0 Å². The number of hydrogen-bond acceptors (Lipinski definition) is 2. The Hall–Kier alpha value is -1.61. The molecule has 0 aliphatic rings. The van der Waals surface area contributed by atoms with Crippen molar-refractivity contribution in [3.8, 4) is 0 Å². The minimum atomic E-state index is -0.333. The predicted octanol–water partition coefficient (Wildman–Crippen LogP) is 4.49. The molecule has 2 nitrogen and oxygen atoms in total. The summed E-state index contributed by atoms with van der Waals surface area (Å²) in [5.74, 6) is -0.165. The predicted molar refractivity (Wildman–Crippen MR) is 83.8 cm³/mol. The van der Waals surface area contributed by atoms with E-state index in [9.17, 15) is 4.79 Å². The zero-order valence-electron chi connectivity index (χ0n) is 11.2. The Morgan fingerprint density at radius 2 is 1.45 bits per heavy atom. The smallest absolute Gasteiger partial charge is 0.306 e. The van der Waals surface area contributed by atoms with Gasteiger partial charge in [-0.25, -0.2) is 0 Å². The SMILES string of the molecule is O=C(CCCBr)OC(c1ccccc1)c1ccccc1. The number of esters is 1. The van der Waals surface area contributed by atoms with Gasteiger partial charge < -0.3 is 4.74 Å². The second-order valence-corrected chi connectivity index (χ2v) is 5.28. The normalized spacial score (nSPS) is 10.5. The first kappa shape index (κ1) is 14.8. The van der Waals surface area contributed by atoms with Crippen molar-refractivity contribution in [3.05, 3.63) is 71.8 Å². The molecule has 0 radical (unpaired) electrons. The molecule has 2 aromatic carbocycles. The van der Waals surface area contributed by atoms with Crippen LogP contribution in [-0.2, 0) is 9.53 Å². The van der Waals surface area contributed by atoms with E-state index in [1.54, 1.807) is 0 Å². The van der Waals surface area contributed by atoms with Gasteiger partial charge in [0.05, 0.1) is 0 Å². The van der Waals surface area contributed by atoms with Crippen LogP contribution >= 0.6 is 15.9 Å². The Morgan fingerprint density at radius 1 is 0.950 bits per heavy atom. The quantitative estimate of drug-likeness (QED) is 0.575. The lowest BCUT2D eigenvalue weighted by molar-refractivity contribution is -0.147. The fraction of sp³-hybridized carbons (Fsp3) is 0.235. The van der Waals surface area contributed by atoms with Crippen molar-refractivity contribution < 1.29 is 9.53 Å². The minimum Gasteiger partial charge on any atom is -0.453 e. The maximum atomic E-state index is 11.9. The number of alkyl halides is 1. The summed E-state index contributed by atoms with van der Waals surface area (Å²) in [6.07, 6.45) is 0.886. The van der Waals surface area contributed by atoms with Gasteiger partial charge in [0.1, 0.15) is 0 Å². The zero-order valence-corrected chi connectivity index (χ0v) is 12.8. The Kier molecular flexibility index (Phi) is 5.81. The number of halogens is 1. The Bertz CT molecular complexity index is 486. The highest BCUT2D eigenvalue weighted by Crippen LogP contribution is 2.26. The van der Waals surface area contributed by atoms with Gasteiger partial charge in [-0.2, -0.15) is 0 Å². The van der Waals surface area contributed by atoms with E-state index in [4.69, 9.17) is 4.74 Å². The Balaban J connectivity index is 2.19. The number of benzene rings is 2. The fourth-order valence-electron chi connectivity index (χ4n) is 1.99. The maximum Gasteiger partial charge on any atom is 0.306 e. The molecule has 0 saturated heterocycles. The summed E-state index contributed by atoms with van der Waals surface area (Å²) in [5, 5.41) is 0.809. The van der Waals surface area contributed by atoms with Gasteiger partial charge in [0, 0.05) is 11.8 Å². The highest BCUT2D eigenvalue weighted by atomic mass is 79.9. The number of hydrogen-bond donors (Lipinski definition) is 0. The van der Waals surface area contributed by atoms with Gasteiger partial charge in [-0.15, -0.1) is 0 Å². The van der Waals surface area contributed by atoms with Crippen molar-refractivity contribution in [1.29, 1.82) is 0 Å². The second kappa shape index (κ2) is 7.85. The number of carbonyl (C=O) groups excluding carboxylic acids is 1. The van der Waals surface area contributed by atoms with E-state index in [-0.39, 0.29) is 12.1 Å². The molecule has 2 rings (SSSR count). The summed E-state index contributed by atoms with van der Waals surface area (Å²) in [4.78, 5) is 11.9. The first-order chi connectivity index (χ1) is 9.81. The van der Waals surface area contributed by atoms with Crippen LogP contribution in [0.3, 0.4) is 0 Å². The molecule has 0 fully saturated rings. The van der Waals surface area contributed by atoms with E-state index in [1.807, 2.05) is 60.7 Å². The molecular weight excluding hydrogens is 316 g/mol. The lowest BCUT2D eigenvalue weighted by Crippen LogP contribution is -2.12. The van der Waals surface area contributed by atoms with Crippen molar-refractivity contribution in [3.63, 3.8) is 0 Å². The summed E-state index contributed by atoms with van der Waals surface area (Å²) in [6.45, 7) is 0. The van der Waals surface area contributed by atoms with Gasteiger partial charge in [0.15, 0.2) is 6.10 Å². The van der Waals surface area contributed by atoms with Crippen LogP contribution in [0.5, 0.6) is 0 Å². The molecule has 0 saturated carbocycles. The zero-order chi connectivity index (χ0) is 14.2. The number of rotatable bonds is 6. The first-order valence-corrected chi connectivity index (χ1v) is 7.78. The minimum absolute atomic E-state index is 0.165. The van der Waals surface area contributed by atoms with Crippen LogP contribution in [0.25, 0.3) is 0 Å². The first-order valence-electron chi connectivity index (χ1n) is 6.66. The molecule has 0 heterocycles. The monoisotopic (exact) mass is 332 g/mol. The van der Waals surface area contributed by atoms with Crippen molar-refractivity contribution in [1.82, 2.24) is 0 Å². The standard InChI is InChI=1S/C17H17BrO2/c18-13-7-12-16(19)20-17(14-8-3-1-4-9-14)15-10-5-2-6-11-15/h1-6,8-11,17H,7,12-13H2. The molecule has 0 aromatic heterocycles. The van der Waals surface area contributed by atoms with Crippen molar-refractivity contribution in [2.45, 2.75) is 18.9 Å². The Morgan fingerprint density at radius 3 is 1.90 bits per heavy atom. The van der Waals surface area contributed by atoms with Crippen LogP contribution < -0.4 is 0 Å². The summed E-state index contributed by atoms with van der Waals surface area (Å²) in [7, 11) is 0. The van der Waals surface area contributed by atoms with E-state index in [0.29, 0.717) is 6.42 Å². The third-order valence-corrected chi connectivity index (χ3v) is 3.53. The fourth-order valence-corrected chi connectivity index (χ4v) is 2.27. The van der Waals surface area contributed by atoms with E-state index >= 15 is 0 Å². The number of ether oxygens (including phenoxy) is 1. The lowest BCUT2D eigenvalue weighted by atomic mass is 10.0. The van der Waals surface area contributed by atoms with Gasteiger partial charge in [0.2, 0.25) is 0 Å². The summed E-state index contributed by atoms with van der Waals surface area (Å²) < 4.78 is 5.66. The average molecular weight is 333 g/mol. The Labute approximate surface area is 127 Å². The van der Waals surface area contributed by atoms with Crippen LogP contribution in [0.4, 0.5) is 0 Å². The average Bonchev–Trinajstić information content (AvgIpc) is 2.52. The highest BCUT2D eigenvalue weighted by Gasteiger charge is 2.18. The second-order valence-electron chi connectivity index (χ2n) is 4.48. The van der Waals surface area contributed by atoms with Gasteiger partial charge in [0.25, 0.3) is 0 Å². The van der Waals surface area contributed by atoms with Crippen LogP contribution in [0.1, 0.15) is 30.1 Å². The van der Waals surface area contributed by atoms with Gasteiger partial charge in [-0.1, -0.05) is 76.6 Å². The maximum absolute atomic E-state index is 11.9. The van der Waals surface area contributed by atoms with Crippen LogP contribution in [0, 0.1) is 0 Å². The topological polar surface area (TPSA) is 26.3 Å². The van der Waals surface area contributed by atoms with E-state index in [2.05, 4.69) is 15.9 Å². The largest absolute Gasteiger partial charge is 0.453 e. The molecule has 20 heavy (non-hydrogen) atoms. The van der Waals surface area contributed by atoms with Crippen LogP contribution in [0.2, 0.25) is 0 Å². The molecule has 0 aliphatic carbocycles. The lowest BCUT2D eigenvalue weighted by Gasteiger charge is -2.18. The molecule has 0 bridgehead atoms. The molecule has 104 valence electrons. The van der Waals surface area contributed by atoms with Crippen LogP contribution in [-0.4, -0.2) is 11.3 Å². The molecule has 0 spiro atoms. The molecule has 0 N–H and O–H groups in total. The van der Waals surface area contributed by atoms with Gasteiger partial charge in [-0.05, 0) is 17.5 Å². The molecule has 0 atom stereocenters. The summed E-state index contributed by atoms with van der Waals surface area (Å²) >= 11 is 3.33. The molecule has 0 unspecified atom stereocenters. The number of carbonyl (C=O) groups is 1. The third-order valence-electron chi connectivity index (χ3n) is 2.97. The summed E-state index contributed by atoms with van der Waals surface area (Å²) in [5.41, 5.74) is 1.98.